The van der Waals surface area contributed by atoms with Gasteiger partial charge in [-0.25, -0.2) is 4.39 Å². The number of nitro benzene ring substituents is 1. The molecule has 0 aliphatic carbocycles. The summed E-state index contributed by atoms with van der Waals surface area (Å²) in [6.45, 7) is 5.57. The van der Waals surface area contributed by atoms with E-state index in [9.17, 15) is 14.5 Å². The van der Waals surface area contributed by atoms with Gasteiger partial charge in [-0.2, -0.15) is 0 Å². The lowest BCUT2D eigenvalue weighted by Crippen LogP contribution is -2.27. The van der Waals surface area contributed by atoms with Crippen LogP contribution in [0.3, 0.4) is 0 Å². The minimum Gasteiger partial charge on any atom is -0.323 e. The van der Waals surface area contributed by atoms with E-state index in [1.54, 1.807) is 0 Å². The van der Waals surface area contributed by atoms with Gasteiger partial charge >= 0.3 is 0 Å². The van der Waals surface area contributed by atoms with E-state index in [1.807, 2.05) is 20.8 Å². The fraction of sp³-hybridized carbons (Fsp3) is 0.455. The maximum absolute atomic E-state index is 13.5. The van der Waals surface area contributed by atoms with Crippen LogP contribution in [0.25, 0.3) is 0 Å². The summed E-state index contributed by atoms with van der Waals surface area (Å²) in [7, 11) is 0. The van der Waals surface area contributed by atoms with Crippen LogP contribution in [0.4, 0.5) is 10.1 Å². The molecule has 0 fully saturated rings. The van der Waals surface area contributed by atoms with Crippen LogP contribution in [0, 0.1) is 21.3 Å². The number of nitro groups is 1. The maximum Gasteiger partial charge on any atom is 0.269 e. The highest BCUT2D eigenvalue weighted by Gasteiger charge is 2.26. The highest BCUT2D eigenvalue weighted by atomic mass is 35.5. The summed E-state index contributed by atoms with van der Waals surface area (Å²) in [6, 6.07) is 2.84. The molecule has 4 nitrogen and oxygen atoms in total. The molecule has 1 rings (SSSR count). The molecule has 0 spiro atoms. The number of rotatable bonds is 2. The normalized spacial score (nSPS) is 12.8. The van der Waals surface area contributed by atoms with Gasteiger partial charge in [0.2, 0.25) is 0 Å². The van der Waals surface area contributed by atoms with Gasteiger partial charge in [-0.05, 0) is 11.5 Å². The van der Waals surface area contributed by atoms with Crippen LogP contribution in [-0.4, -0.2) is 4.92 Å². The van der Waals surface area contributed by atoms with E-state index in [1.165, 1.54) is 6.07 Å². The second-order valence-corrected chi connectivity index (χ2v) is 4.81. The van der Waals surface area contributed by atoms with Gasteiger partial charge in [0.25, 0.3) is 5.69 Å². The monoisotopic (exact) mass is 262 g/mol. The van der Waals surface area contributed by atoms with Crippen molar-refractivity contribution in [2.45, 2.75) is 26.8 Å². The summed E-state index contributed by atoms with van der Waals surface area (Å²) in [5.41, 5.74) is 5.57. The van der Waals surface area contributed by atoms with Crippen molar-refractivity contribution in [3.05, 3.63) is 39.7 Å². The van der Waals surface area contributed by atoms with Crippen LogP contribution in [0.5, 0.6) is 0 Å². The van der Waals surface area contributed by atoms with Crippen molar-refractivity contribution in [1.82, 2.24) is 0 Å². The van der Waals surface area contributed by atoms with E-state index in [0.717, 1.165) is 12.1 Å². The molecule has 0 saturated carbocycles. The van der Waals surface area contributed by atoms with Gasteiger partial charge in [-0.3, -0.25) is 10.1 Å². The Hall–Kier alpha value is -1.20. The van der Waals surface area contributed by atoms with E-state index in [0.29, 0.717) is 0 Å². The Bertz CT molecular complexity index is 418. The summed E-state index contributed by atoms with van der Waals surface area (Å²) >= 11 is 0. The Morgan fingerprint density at radius 1 is 1.41 bits per heavy atom. The first-order valence-electron chi connectivity index (χ1n) is 4.93. The van der Waals surface area contributed by atoms with E-state index in [4.69, 9.17) is 5.73 Å². The number of hydrogen-bond acceptors (Lipinski definition) is 3. The van der Waals surface area contributed by atoms with Crippen LogP contribution >= 0.6 is 12.4 Å². The van der Waals surface area contributed by atoms with Gasteiger partial charge in [-0.1, -0.05) is 20.8 Å². The predicted molar refractivity (Wildman–Crippen MR) is 66.7 cm³/mol. The van der Waals surface area contributed by atoms with Crippen molar-refractivity contribution in [2.24, 2.45) is 11.1 Å². The first kappa shape index (κ1) is 15.8. The first-order chi connectivity index (χ1) is 7.23. The number of hydrogen-bond donors (Lipinski definition) is 1. The molecule has 0 saturated heterocycles. The average Bonchev–Trinajstić information content (AvgIpc) is 2.15. The van der Waals surface area contributed by atoms with Gasteiger partial charge in [0.15, 0.2) is 0 Å². The Balaban J connectivity index is 0.00000256. The minimum atomic E-state index is -0.576. The molecule has 0 heterocycles. The quantitative estimate of drug-likeness (QED) is 0.657. The molecule has 0 radical (unpaired) electrons. The van der Waals surface area contributed by atoms with Crippen molar-refractivity contribution in [1.29, 1.82) is 0 Å². The van der Waals surface area contributed by atoms with E-state index in [2.05, 4.69) is 0 Å². The second kappa shape index (κ2) is 5.42. The summed E-state index contributed by atoms with van der Waals surface area (Å²) in [6.07, 6.45) is 0. The third-order valence-corrected chi connectivity index (χ3v) is 2.46. The number of benzene rings is 1. The van der Waals surface area contributed by atoms with Crippen LogP contribution in [0.2, 0.25) is 0 Å². The van der Waals surface area contributed by atoms with Crippen molar-refractivity contribution >= 4 is 18.1 Å². The SMILES string of the molecule is CC(C)(C)[C@@H](N)c1cc([N+](=O)[O-])ccc1F.Cl. The third kappa shape index (κ3) is 3.64. The maximum atomic E-state index is 13.5. The molecule has 0 amide bonds. The molecular weight excluding hydrogens is 247 g/mol. The van der Waals surface area contributed by atoms with Crippen molar-refractivity contribution in [3.8, 4) is 0 Å². The zero-order valence-electron chi connectivity index (χ0n) is 9.94. The van der Waals surface area contributed by atoms with Crippen molar-refractivity contribution < 1.29 is 9.31 Å². The summed E-state index contributed by atoms with van der Waals surface area (Å²) in [4.78, 5) is 10.0. The fourth-order valence-corrected chi connectivity index (χ4v) is 1.35. The highest BCUT2D eigenvalue weighted by molar-refractivity contribution is 5.85. The van der Waals surface area contributed by atoms with E-state index in [-0.39, 0.29) is 29.1 Å². The van der Waals surface area contributed by atoms with E-state index < -0.39 is 16.8 Å². The summed E-state index contributed by atoms with van der Waals surface area (Å²) in [5.74, 6) is -0.506. The Morgan fingerprint density at radius 3 is 2.35 bits per heavy atom. The minimum absolute atomic E-state index is 0. The average molecular weight is 263 g/mol. The van der Waals surface area contributed by atoms with Crippen LogP contribution < -0.4 is 5.73 Å². The Labute approximate surface area is 106 Å². The Morgan fingerprint density at radius 2 is 1.94 bits per heavy atom. The molecular formula is C11H16ClFN2O2. The number of nitrogens with zero attached hydrogens (tertiary/aromatic N) is 1. The van der Waals surface area contributed by atoms with Crippen LogP contribution in [0.1, 0.15) is 32.4 Å². The third-order valence-electron chi connectivity index (χ3n) is 2.46. The molecule has 0 unspecified atom stereocenters. The first-order valence-corrected chi connectivity index (χ1v) is 4.93. The van der Waals surface area contributed by atoms with Gasteiger partial charge in [-0.15, -0.1) is 12.4 Å². The predicted octanol–water partition coefficient (Wildman–Crippen LogP) is 3.20. The van der Waals surface area contributed by atoms with Crippen molar-refractivity contribution in [2.75, 3.05) is 0 Å². The molecule has 6 heteroatoms. The highest BCUT2D eigenvalue weighted by Crippen LogP contribution is 2.33. The molecule has 96 valence electrons. The summed E-state index contributed by atoms with van der Waals surface area (Å²) in [5, 5.41) is 10.6. The van der Waals surface area contributed by atoms with Crippen LogP contribution in [0.15, 0.2) is 18.2 Å². The second-order valence-electron chi connectivity index (χ2n) is 4.81. The lowest BCUT2D eigenvalue weighted by atomic mass is 9.83. The fourth-order valence-electron chi connectivity index (χ4n) is 1.35. The summed E-state index contributed by atoms with van der Waals surface area (Å²) < 4.78 is 13.5. The number of non-ortho nitro benzene ring substituents is 1. The molecule has 2 N–H and O–H groups in total. The molecule has 1 aromatic carbocycles. The van der Waals surface area contributed by atoms with Gasteiger partial charge in [0.1, 0.15) is 5.82 Å². The van der Waals surface area contributed by atoms with Gasteiger partial charge in [0, 0.05) is 23.7 Å². The molecule has 1 atom stereocenters. The zero-order valence-corrected chi connectivity index (χ0v) is 10.8. The standard InChI is InChI=1S/C11H15FN2O2.ClH/c1-11(2,3)10(13)8-6-7(14(15)16)4-5-9(8)12;/h4-6,10H,13H2,1-3H3;1H/t10-;/m0./s1. The van der Waals surface area contributed by atoms with Crippen LogP contribution in [-0.2, 0) is 0 Å². The molecule has 0 aliphatic rings. The topological polar surface area (TPSA) is 69.2 Å². The molecule has 0 aromatic heterocycles. The van der Waals surface area contributed by atoms with Gasteiger partial charge < -0.3 is 5.73 Å². The molecule has 17 heavy (non-hydrogen) atoms. The molecule has 0 bridgehead atoms. The number of nitrogens with two attached hydrogens (primary N) is 1. The lowest BCUT2D eigenvalue weighted by molar-refractivity contribution is -0.385. The molecule has 0 aliphatic heterocycles. The zero-order chi connectivity index (χ0) is 12.5. The van der Waals surface area contributed by atoms with E-state index >= 15 is 0 Å². The Kier molecular flexibility index (Phi) is 5.04. The molecule has 1 aromatic rings. The van der Waals surface area contributed by atoms with Crippen molar-refractivity contribution in [3.63, 3.8) is 0 Å². The van der Waals surface area contributed by atoms with Gasteiger partial charge in [0.05, 0.1) is 4.92 Å². The largest absolute Gasteiger partial charge is 0.323 e. The number of halogens is 2. The smallest absolute Gasteiger partial charge is 0.269 e. The lowest BCUT2D eigenvalue weighted by Gasteiger charge is -2.27.